The van der Waals surface area contributed by atoms with Crippen LogP contribution in [0.25, 0.3) is 0 Å². The Bertz CT molecular complexity index is 641. The summed E-state index contributed by atoms with van der Waals surface area (Å²) in [6, 6.07) is 12.8. The van der Waals surface area contributed by atoms with E-state index in [0.29, 0.717) is 4.90 Å². The molecule has 0 spiro atoms. The number of hydrogen-bond acceptors (Lipinski definition) is 2. The van der Waals surface area contributed by atoms with Crippen molar-refractivity contribution in [2.24, 2.45) is 0 Å². The molecule has 0 aromatic heterocycles. The zero-order valence-electron chi connectivity index (χ0n) is 10.5. The third-order valence-corrected chi connectivity index (χ3v) is 4.52. The predicted molar refractivity (Wildman–Crippen MR) is 80.5 cm³/mol. The van der Waals surface area contributed by atoms with Crippen LogP contribution in [0, 0.1) is 5.82 Å². The van der Waals surface area contributed by atoms with Crippen LogP contribution < -0.4 is 0 Å². The number of rotatable bonds is 5. The molecule has 2 aromatic rings. The molecule has 1 unspecified atom stereocenters. The number of benzene rings is 2. The monoisotopic (exact) mass is 354 g/mol. The summed E-state index contributed by atoms with van der Waals surface area (Å²) in [5.74, 6) is -0.498. The van der Waals surface area contributed by atoms with Gasteiger partial charge < -0.3 is 0 Å². The molecule has 0 N–H and O–H groups in total. The van der Waals surface area contributed by atoms with E-state index in [1.165, 1.54) is 12.1 Å². The summed E-state index contributed by atoms with van der Waals surface area (Å²) in [6.45, 7) is 0. The van der Waals surface area contributed by atoms with Crippen molar-refractivity contribution in [2.75, 3.05) is 5.75 Å². The smallest absolute Gasteiger partial charge is 0.150 e. The Kier molecular flexibility index (Phi) is 5.20. The van der Waals surface area contributed by atoms with E-state index in [2.05, 4.69) is 15.9 Å². The number of halogens is 2. The van der Waals surface area contributed by atoms with Crippen molar-refractivity contribution in [3.05, 3.63) is 64.4 Å². The van der Waals surface area contributed by atoms with Gasteiger partial charge in [-0.3, -0.25) is 9.00 Å². The molecule has 20 heavy (non-hydrogen) atoms. The van der Waals surface area contributed by atoms with Crippen LogP contribution in [-0.4, -0.2) is 15.7 Å². The fourth-order valence-corrected chi connectivity index (χ4v) is 3.32. The van der Waals surface area contributed by atoms with Gasteiger partial charge in [0.25, 0.3) is 0 Å². The molecule has 1 atom stereocenters. The van der Waals surface area contributed by atoms with Crippen LogP contribution in [0.15, 0.2) is 57.9 Å². The van der Waals surface area contributed by atoms with E-state index >= 15 is 0 Å². The maximum Gasteiger partial charge on any atom is 0.150 e. The molecule has 0 saturated carbocycles. The molecule has 5 heteroatoms. The van der Waals surface area contributed by atoms with Crippen molar-refractivity contribution >= 4 is 32.5 Å². The van der Waals surface area contributed by atoms with Crippen LogP contribution in [0.1, 0.15) is 5.56 Å². The van der Waals surface area contributed by atoms with Gasteiger partial charge in [-0.15, -0.1) is 0 Å². The molecule has 0 amide bonds. The van der Waals surface area contributed by atoms with Gasteiger partial charge in [0, 0.05) is 15.8 Å². The Balaban J connectivity index is 1.97. The van der Waals surface area contributed by atoms with Crippen molar-refractivity contribution < 1.29 is 13.4 Å². The number of Topliss-reactive ketones (excluding diaryl/α,β-unsaturated/α-hetero) is 1. The molecule has 2 rings (SSSR count). The minimum Gasteiger partial charge on any atom is -0.298 e. The highest BCUT2D eigenvalue weighted by Gasteiger charge is 2.11. The summed E-state index contributed by atoms with van der Waals surface area (Å²) < 4.78 is 25.6. The molecule has 0 bridgehead atoms. The first-order valence-corrected chi connectivity index (χ1v) is 8.06. The summed E-state index contributed by atoms with van der Waals surface area (Å²) in [4.78, 5) is 12.5. The average molecular weight is 355 g/mol. The summed E-state index contributed by atoms with van der Waals surface area (Å²) in [5, 5.41) is 0. The van der Waals surface area contributed by atoms with Gasteiger partial charge in [0.2, 0.25) is 0 Å². The summed E-state index contributed by atoms with van der Waals surface area (Å²) in [7, 11) is -1.36. The molecule has 0 fully saturated rings. The lowest BCUT2D eigenvalue weighted by Crippen LogP contribution is -2.13. The van der Waals surface area contributed by atoms with Gasteiger partial charge in [-0.05, 0) is 35.9 Å². The zero-order chi connectivity index (χ0) is 14.5. The Hall–Kier alpha value is -1.33. The fourth-order valence-electron chi connectivity index (χ4n) is 1.72. The van der Waals surface area contributed by atoms with E-state index < -0.39 is 10.8 Å². The number of carbonyl (C=O) groups is 1. The molecule has 0 heterocycles. The summed E-state index contributed by atoms with van der Waals surface area (Å²) in [6.07, 6.45) is 0.167. The number of carbonyl (C=O) groups excluding carboxylic acids is 1. The quantitative estimate of drug-likeness (QED) is 0.823. The van der Waals surface area contributed by atoms with Crippen LogP contribution >= 0.6 is 15.9 Å². The van der Waals surface area contributed by atoms with E-state index in [9.17, 15) is 13.4 Å². The highest BCUT2D eigenvalue weighted by molar-refractivity contribution is 9.10. The summed E-state index contributed by atoms with van der Waals surface area (Å²) >= 11 is 3.30. The van der Waals surface area contributed by atoms with Gasteiger partial charge in [0.1, 0.15) is 11.6 Å². The van der Waals surface area contributed by atoms with Crippen molar-refractivity contribution in [1.29, 1.82) is 0 Å². The molecule has 0 radical (unpaired) electrons. The normalized spacial score (nSPS) is 12.1. The zero-order valence-corrected chi connectivity index (χ0v) is 12.9. The van der Waals surface area contributed by atoms with E-state index in [0.717, 1.165) is 10.0 Å². The topological polar surface area (TPSA) is 34.1 Å². The van der Waals surface area contributed by atoms with Crippen LogP contribution in [0.2, 0.25) is 0 Å². The van der Waals surface area contributed by atoms with Gasteiger partial charge >= 0.3 is 0 Å². The second kappa shape index (κ2) is 6.90. The minimum absolute atomic E-state index is 0.0339. The van der Waals surface area contributed by atoms with Gasteiger partial charge in [-0.1, -0.05) is 34.1 Å². The standard InChI is InChI=1S/C15H12BrFO2S/c16-12-2-1-3-15(9-12)20(19)10-14(18)8-11-4-6-13(17)7-5-11/h1-7,9H,8,10H2. The predicted octanol–water partition coefficient (Wildman–Crippen LogP) is 3.51. The maximum atomic E-state index is 12.8. The van der Waals surface area contributed by atoms with Crippen molar-refractivity contribution in [3.8, 4) is 0 Å². The minimum atomic E-state index is -1.36. The first-order chi connectivity index (χ1) is 9.54. The fraction of sp³-hybridized carbons (Fsp3) is 0.133. The molecule has 0 saturated heterocycles. The van der Waals surface area contributed by atoms with Crippen LogP contribution in [-0.2, 0) is 22.0 Å². The van der Waals surface area contributed by atoms with E-state index in [1.54, 1.807) is 30.3 Å². The van der Waals surface area contributed by atoms with Crippen molar-refractivity contribution in [2.45, 2.75) is 11.3 Å². The molecule has 2 aromatic carbocycles. The SMILES string of the molecule is O=C(Cc1ccc(F)cc1)CS(=O)c1cccc(Br)c1. The van der Waals surface area contributed by atoms with E-state index in [4.69, 9.17) is 0 Å². The molecule has 0 aliphatic carbocycles. The van der Waals surface area contributed by atoms with Crippen molar-refractivity contribution in [1.82, 2.24) is 0 Å². The molecular weight excluding hydrogens is 343 g/mol. The number of ketones is 1. The summed E-state index contributed by atoms with van der Waals surface area (Å²) in [5.41, 5.74) is 0.725. The Morgan fingerprint density at radius 1 is 1.15 bits per heavy atom. The van der Waals surface area contributed by atoms with Gasteiger partial charge in [-0.2, -0.15) is 0 Å². The highest BCUT2D eigenvalue weighted by Crippen LogP contribution is 2.15. The van der Waals surface area contributed by atoms with E-state index in [-0.39, 0.29) is 23.8 Å². The second-order valence-corrected chi connectivity index (χ2v) is 6.66. The Morgan fingerprint density at radius 3 is 2.50 bits per heavy atom. The van der Waals surface area contributed by atoms with Gasteiger partial charge in [0.15, 0.2) is 0 Å². The maximum absolute atomic E-state index is 12.8. The number of hydrogen-bond donors (Lipinski definition) is 0. The Labute approximate surface area is 127 Å². The average Bonchev–Trinajstić information content (AvgIpc) is 2.41. The third-order valence-electron chi connectivity index (χ3n) is 2.67. The van der Waals surface area contributed by atoms with Crippen LogP contribution in [0.4, 0.5) is 4.39 Å². The molecular formula is C15H12BrFO2S. The van der Waals surface area contributed by atoms with Gasteiger partial charge in [-0.25, -0.2) is 4.39 Å². The van der Waals surface area contributed by atoms with Crippen LogP contribution in [0.5, 0.6) is 0 Å². The Morgan fingerprint density at radius 2 is 1.85 bits per heavy atom. The first kappa shape index (κ1) is 15.1. The van der Waals surface area contributed by atoms with Gasteiger partial charge in [0.05, 0.1) is 16.6 Å². The van der Waals surface area contributed by atoms with Crippen LogP contribution in [0.3, 0.4) is 0 Å². The lowest BCUT2D eigenvalue weighted by molar-refractivity contribution is -0.116. The highest BCUT2D eigenvalue weighted by atomic mass is 79.9. The lowest BCUT2D eigenvalue weighted by atomic mass is 10.1. The molecule has 104 valence electrons. The first-order valence-electron chi connectivity index (χ1n) is 5.94. The second-order valence-electron chi connectivity index (χ2n) is 4.29. The third kappa shape index (κ3) is 4.35. The largest absolute Gasteiger partial charge is 0.298 e. The van der Waals surface area contributed by atoms with Crippen molar-refractivity contribution in [3.63, 3.8) is 0 Å². The molecule has 2 nitrogen and oxygen atoms in total. The molecule has 0 aliphatic heterocycles. The molecule has 0 aliphatic rings. The van der Waals surface area contributed by atoms with E-state index in [1.807, 2.05) is 6.07 Å². The lowest BCUT2D eigenvalue weighted by Gasteiger charge is -2.03.